The highest BCUT2D eigenvalue weighted by Crippen LogP contribution is 2.77. The van der Waals surface area contributed by atoms with Crippen LogP contribution in [0.2, 0.25) is 10.0 Å². The van der Waals surface area contributed by atoms with Crippen molar-refractivity contribution in [2.75, 3.05) is 6.54 Å². The predicted molar refractivity (Wildman–Crippen MR) is 147 cm³/mol. The Morgan fingerprint density at radius 1 is 0.816 bits per heavy atom. The van der Waals surface area contributed by atoms with Crippen LogP contribution in [0.5, 0.6) is 0 Å². The van der Waals surface area contributed by atoms with Gasteiger partial charge in [-0.05, 0) is 18.2 Å². The number of allylic oxidation sites excluding steroid dienone is 2. The Balaban J connectivity index is 1.62. The van der Waals surface area contributed by atoms with Crippen LogP contribution in [0.1, 0.15) is 20.7 Å². The molecule has 0 unspecified atom stereocenters. The summed E-state index contributed by atoms with van der Waals surface area (Å²) >= 11 is 51.5. The number of alkyl halides is 4. The van der Waals surface area contributed by atoms with Crippen LogP contribution in [-0.4, -0.2) is 54.1 Å². The molecule has 38 heavy (non-hydrogen) atoms. The van der Waals surface area contributed by atoms with Crippen LogP contribution in [0.15, 0.2) is 58.6 Å². The minimum atomic E-state index is -2.15. The molecule has 1 aliphatic heterocycles. The lowest BCUT2D eigenvalue weighted by molar-refractivity contribution is -0.154. The van der Waals surface area contributed by atoms with Crippen molar-refractivity contribution in [2.24, 2.45) is 11.8 Å². The number of amides is 3. The van der Waals surface area contributed by atoms with Crippen molar-refractivity contribution in [1.29, 1.82) is 0 Å². The molecule has 3 aliphatic rings. The first kappa shape index (κ1) is 28.3. The van der Waals surface area contributed by atoms with Gasteiger partial charge in [0.15, 0.2) is 10.1 Å². The van der Waals surface area contributed by atoms with E-state index in [1.54, 1.807) is 18.2 Å². The first-order valence-electron chi connectivity index (χ1n) is 10.8. The van der Waals surface area contributed by atoms with Crippen LogP contribution in [0.3, 0.4) is 0 Å². The van der Waals surface area contributed by atoms with Crippen LogP contribution < -0.4 is 0 Å². The van der Waals surface area contributed by atoms with Crippen molar-refractivity contribution in [3.8, 4) is 0 Å². The summed E-state index contributed by atoms with van der Waals surface area (Å²) in [7, 11) is 0. The van der Waals surface area contributed by atoms with Gasteiger partial charge >= 0.3 is 0 Å². The summed E-state index contributed by atoms with van der Waals surface area (Å²) in [6.07, 6.45) is 0. The number of nitrogens with zero attached hydrogens (tertiary/aromatic N) is 2. The molecule has 0 spiro atoms. The Kier molecular flexibility index (Phi) is 7.02. The molecule has 0 N–H and O–H groups in total. The second kappa shape index (κ2) is 9.42. The normalized spacial score (nSPS) is 29.2. The zero-order chi connectivity index (χ0) is 27.9. The van der Waals surface area contributed by atoms with Gasteiger partial charge in [-0.15, -0.1) is 23.2 Å². The maximum Gasteiger partial charge on any atom is 0.274 e. The van der Waals surface area contributed by atoms with E-state index in [0.717, 1.165) is 0 Å². The highest BCUT2D eigenvalue weighted by atomic mass is 35.5. The van der Waals surface area contributed by atoms with Gasteiger partial charge in [0, 0.05) is 10.6 Å². The molecule has 1 heterocycles. The molecule has 2 aliphatic carbocycles. The number of hydrogen-bond donors (Lipinski definition) is 0. The highest BCUT2D eigenvalue weighted by molar-refractivity contribution is 6.66. The summed E-state index contributed by atoms with van der Waals surface area (Å²) in [6.45, 7) is -0.717. The van der Waals surface area contributed by atoms with E-state index in [-0.39, 0.29) is 31.2 Å². The summed E-state index contributed by atoms with van der Waals surface area (Å²) in [6, 6.07) is 12.0. The molecular weight excluding hydrogens is 664 g/mol. The first-order chi connectivity index (χ1) is 17.7. The molecule has 14 heteroatoms. The maximum atomic E-state index is 13.9. The van der Waals surface area contributed by atoms with Gasteiger partial charge in [0.1, 0.15) is 16.3 Å². The number of halogens is 8. The topological polar surface area (TPSA) is 74.8 Å². The second-order valence-electron chi connectivity index (χ2n) is 8.85. The summed E-state index contributed by atoms with van der Waals surface area (Å²) in [5.74, 6) is -6.51. The van der Waals surface area contributed by atoms with E-state index in [1.807, 2.05) is 0 Å². The fourth-order valence-electron chi connectivity index (χ4n) is 5.10. The minimum Gasteiger partial charge on any atom is -0.292 e. The summed E-state index contributed by atoms with van der Waals surface area (Å²) in [4.78, 5) is 50.5. The van der Waals surface area contributed by atoms with Gasteiger partial charge in [0.2, 0.25) is 0 Å². The van der Waals surface area contributed by atoms with Crippen LogP contribution in [0.25, 0.3) is 0 Å². The summed E-state index contributed by atoms with van der Waals surface area (Å²) in [5.41, 5.74) is 0.0970. The number of rotatable bonds is 5. The monoisotopic (exact) mass is 672 g/mol. The fourth-order valence-corrected chi connectivity index (χ4v) is 8.52. The van der Waals surface area contributed by atoms with E-state index < -0.39 is 56.0 Å². The second-order valence-corrected chi connectivity index (χ2v) is 13.0. The average molecular weight is 676 g/mol. The molecule has 6 nitrogen and oxygen atoms in total. The van der Waals surface area contributed by atoms with Gasteiger partial charge in [-0.3, -0.25) is 19.2 Å². The van der Waals surface area contributed by atoms with Gasteiger partial charge in [-0.25, -0.2) is 5.01 Å². The van der Waals surface area contributed by atoms with Gasteiger partial charge in [0.25, 0.3) is 17.7 Å². The number of Topliss-reactive ketones (excluding diaryl/α,β-unsaturated/α-hetero) is 1. The third kappa shape index (κ3) is 3.55. The number of benzene rings is 2. The van der Waals surface area contributed by atoms with Gasteiger partial charge in [0.05, 0.1) is 32.5 Å². The maximum absolute atomic E-state index is 13.9. The van der Waals surface area contributed by atoms with E-state index in [1.165, 1.54) is 30.3 Å². The van der Waals surface area contributed by atoms with Gasteiger partial charge < -0.3 is 0 Å². The number of hydrazine groups is 1. The Hall–Kier alpha value is -1.22. The number of hydrogen-bond acceptors (Lipinski definition) is 4. The Labute approximate surface area is 256 Å². The van der Waals surface area contributed by atoms with Crippen LogP contribution >= 0.6 is 92.8 Å². The minimum absolute atomic E-state index is 0.0741. The molecule has 198 valence electrons. The van der Waals surface area contributed by atoms with Crippen molar-refractivity contribution in [3.63, 3.8) is 0 Å². The van der Waals surface area contributed by atoms with Crippen molar-refractivity contribution >= 4 is 116 Å². The standard InChI is InChI=1S/C24H12Cl8N2O4/c25-11-6-7-12(13(26)8-11)19(36)33(9-14(35)10-4-2-1-3-5-10)34-20(37)15-16(21(34)38)23(30)18(28)17(27)22(15,29)24(23,31)32/h1-8,15-16H,9H2/t15-,16-,22-,23-/m1/s1. The number of fused-ring (bicyclic) bond motifs is 5. The molecule has 0 radical (unpaired) electrons. The lowest BCUT2D eigenvalue weighted by Crippen LogP contribution is -2.56. The molecule has 2 aromatic carbocycles. The van der Waals surface area contributed by atoms with Crippen molar-refractivity contribution in [3.05, 3.63) is 79.8 Å². The SMILES string of the molecule is O=C(CN(C(=O)c1ccc(Cl)cc1Cl)N1C(=O)[C@H]2[C@H](C1=O)[C@@]1(Cl)C(Cl)=C(Cl)[C@@]2(Cl)C1(Cl)Cl)c1ccccc1. The highest BCUT2D eigenvalue weighted by Gasteiger charge is 2.88. The van der Waals surface area contributed by atoms with E-state index in [4.69, 9.17) is 92.8 Å². The van der Waals surface area contributed by atoms with E-state index in [0.29, 0.717) is 10.0 Å². The Bertz CT molecular complexity index is 1420. The fraction of sp³-hybridized carbons (Fsp3) is 0.250. The lowest BCUT2D eigenvalue weighted by atomic mass is 9.84. The van der Waals surface area contributed by atoms with Gasteiger partial charge in [-0.2, -0.15) is 5.01 Å². The first-order valence-corrected chi connectivity index (χ1v) is 13.8. The molecule has 4 atom stereocenters. The zero-order valence-corrected chi connectivity index (χ0v) is 24.6. The van der Waals surface area contributed by atoms with E-state index >= 15 is 0 Å². The zero-order valence-electron chi connectivity index (χ0n) is 18.5. The molecule has 3 amide bonds. The number of carbonyl (C=O) groups excluding carboxylic acids is 4. The molecule has 1 saturated heterocycles. The molecular formula is C24H12Cl8N2O4. The van der Waals surface area contributed by atoms with Crippen LogP contribution in [-0.2, 0) is 9.59 Å². The molecule has 2 aromatic rings. The van der Waals surface area contributed by atoms with E-state index in [9.17, 15) is 19.2 Å². The van der Waals surface area contributed by atoms with Crippen molar-refractivity contribution < 1.29 is 19.2 Å². The van der Waals surface area contributed by atoms with Crippen LogP contribution in [0, 0.1) is 11.8 Å². The summed E-state index contributed by atoms with van der Waals surface area (Å²) < 4.78 is -2.15. The Morgan fingerprint density at radius 2 is 1.34 bits per heavy atom. The number of carbonyl (C=O) groups is 4. The lowest BCUT2D eigenvalue weighted by Gasteiger charge is -2.36. The molecule has 5 rings (SSSR count). The van der Waals surface area contributed by atoms with Crippen molar-refractivity contribution in [1.82, 2.24) is 10.0 Å². The van der Waals surface area contributed by atoms with E-state index in [2.05, 4.69) is 0 Å². The third-order valence-electron chi connectivity index (χ3n) is 6.91. The molecule has 2 fully saturated rings. The van der Waals surface area contributed by atoms with Crippen LogP contribution in [0.4, 0.5) is 0 Å². The predicted octanol–water partition coefficient (Wildman–Crippen LogP) is 6.68. The molecule has 2 bridgehead atoms. The Morgan fingerprint density at radius 3 is 1.84 bits per heavy atom. The smallest absolute Gasteiger partial charge is 0.274 e. The van der Waals surface area contributed by atoms with Gasteiger partial charge in [-0.1, -0.05) is 99.9 Å². The average Bonchev–Trinajstić information content (AvgIpc) is 3.26. The molecule has 1 saturated carbocycles. The van der Waals surface area contributed by atoms with Crippen molar-refractivity contribution in [2.45, 2.75) is 14.1 Å². The summed E-state index contributed by atoms with van der Waals surface area (Å²) in [5, 5.41) is 0.782. The third-order valence-corrected chi connectivity index (χ3v) is 11.7. The largest absolute Gasteiger partial charge is 0.292 e. The number of imide groups is 1. The number of ketones is 1. The molecule has 0 aromatic heterocycles. The quantitative estimate of drug-likeness (QED) is 0.201.